The number of imide groups is 1. The number of carbonyl (C=O) groups is 3. The quantitative estimate of drug-likeness (QED) is 0.134. The van der Waals surface area contributed by atoms with E-state index in [0.717, 1.165) is 19.3 Å². The van der Waals surface area contributed by atoms with Gasteiger partial charge < -0.3 is 4.74 Å². The molecule has 3 rings (SSSR count). The monoisotopic (exact) mass is 524 g/mol. The van der Waals surface area contributed by atoms with E-state index >= 15 is 0 Å². The fraction of sp³-hybridized carbons (Fsp3) is 0.533. The Labute approximate surface area is 225 Å². The lowest BCUT2D eigenvalue weighted by Crippen LogP contribution is -2.41. The van der Waals surface area contributed by atoms with Crippen molar-refractivity contribution >= 4 is 35.2 Å². The Bertz CT molecular complexity index is 1000. The number of para-hydroxylation sites is 1. The third kappa shape index (κ3) is 7.67. The Kier molecular flexibility index (Phi) is 11.6. The fourth-order valence-electron chi connectivity index (χ4n) is 5.06. The molecular weight excluding hydrogens is 484 g/mol. The molecule has 0 radical (unpaired) electrons. The van der Waals surface area contributed by atoms with Crippen molar-refractivity contribution in [2.45, 2.75) is 93.7 Å². The van der Waals surface area contributed by atoms with Gasteiger partial charge in [-0.3, -0.25) is 14.4 Å². The summed E-state index contributed by atoms with van der Waals surface area (Å²) in [5.74, 6) is -1.39. The van der Waals surface area contributed by atoms with Crippen molar-refractivity contribution in [3.63, 3.8) is 0 Å². The molecule has 0 bridgehead atoms. The molecular formula is C30H40N2O4S. The molecule has 1 fully saturated rings. The Morgan fingerprint density at radius 3 is 2.22 bits per heavy atom. The van der Waals surface area contributed by atoms with Gasteiger partial charge in [0.05, 0.1) is 23.7 Å². The summed E-state index contributed by atoms with van der Waals surface area (Å²) >= 11 is 1.32. The van der Waals surface area contributed by atoms with Gasteiger partial charge in [-0.2, -0.15) is 0 Å². The van der Waals surface area contributed by atoms with E-state index in [9.17, 15) is 14.4 Å². The molecule has 2 unspecified atom stereocenters. The first-order chi connectivity index (χ1) is 18.0. The van der Waals surface area contributed by atoms with Gasteiger partial charge in [0, 0.05) is 12.6 Å². The van der Waals surface area contributed by atoms with E-state index in [-0.39, 0.29) is 30.6 Å². The largest absolute Gasteiger partial charge is 0.469 e. The van der Waals surface area contributed by atoms with Crippen molar-refractivity contribution in [3.05, 3.63) is 54.7 Å². The topological polar surface area (TPSA) is 76.6 Å². The highest BCUT2D eigenvalue weighted by Gasteiger charge is 2.60. The Morgan fingerprint density at radius 1 is 0.946 bits per heavy atom. The number of hydrogen-bond acceptors (Lipinski definition) is 6. The smallest absolute Gasteiger partial charge is 0.305 e. The van der Waals surface area contributed by atoms with Gasteiger partial charge in [-0.1, -0.05) is 101 Å². The summed E-state index contributed by atoms with van der Waals surface area (Å²) in [5.41, 5.74) is 0.566. The number of pyridine rings is 1. The van der Waals surface area contributed by atoms with Gasteiger partial charge in [0.1, 0.15) is 4.75 Å². The first-order valence-corrected chi connectivity index (χ1v) is 14.5. The molecule has 0 saturated carbocycles. The van der Waals surface area contributed by atoms with Gasteiger partial charge in [0.25, 0.3) is 5.91 Å². The van der Waals surface area contributed by atoms with Crippen molar-refractivity contribution < 1.29 is 19.1 Å². The number of benzene rings is 1. The van der Waals surface area contributed by atoms with Crippen LogP contribution in [0.3, 0.4) is 0 Å². The molecule has 1 aromatic carbocycles. The third-order valence-corrected chi connectivity index (χ3v) is 8.59. The zero-order chi connectivity index (χ0) is 26.5. The molecule has 2 heterocycles. The first kappa shape index (κ1) is 28.9. The molecule has 6 nitrogen and oxygen atoms in total. The zero-order valence-electron chi connectivity index (χ0n) is 22.2. The van der Waals surface area contributed by atoms with Crippen LogP contribution in [0.1, 0.15) is 84.0 Å². The number of aromatic nitrogens is 1. The van der Waals surface area contributed by atoms with Crippen LogP contribution in [-0.4, -0.2) is 34.6 Å². The summed E-state index contributed by atoms with van der Waals surface area (Å²) in [6.45, 7) is 2.23. The molecule has 2 aromatic rings. The number of methoxy groups -OCH3 is 1. The van der Waals surface area contributed by atoms with E-state index in [2.05, 4.69) is 11.9 Å². The van der Waals surface area contributed by atoms with E-state index in [1.54, 1.807) is 18.3 Å². The highest BCUT2D eigenvalue weighted by molar-refractivity contribution is 8.01. The Hall–Kier alpha value is -2.67. The molecule has 1 aliphatic rings. The Morgan fingerprint density at radius 2 is 1.59 bits per heavy atom. The fourth-order valence-corrected chi connectivity index (χ4v) is 6.44. The molecule has 0 N–H and O–H groups in total. The highest BCUT2D eigenvalue weighted by Crippen LogP contribution is 2.50. The molecule has 37 heavy (non-hydrogen) atoms. The summed E-state index contributed by atoms with van der Waals surface area (Å²) in [5, 5.41) is 0.667. The maximum Gasteiger partial charge on any atom is 0.305 e. The van der Waals surface area contributed by atoms with E-state index in [1.165, 1.54) is 62.3 Å². The molecule has 1 aliphatic heterocycles. The van der Waals surface area contributed by atoms with Gasteiger partial charge in [-0.25, -0.2) is 9.88 Å². The van der Waals surface area contributed by atoms with Gasteiger partial charge in [0.15, 0.2) is 0 Å². The van der Waals surface area contributed by atoms with Crippen LogP contribution in [0.15, 0.2) is 59.8 Å². The van der Waals surface area contributed by atoms with E-state index in [4.69, 9.17) is 4.74 Å². The third-order valence-electron chi connectivity index (χ3n) is 7.11. The number of thioether (sulfide) groups is 1. The lowest BCUT2D eigenvalue weighted by atomic mass is 9.85. The van der Waals surface area contributed by atoms with Crippen LogP contribution in [0.5, 0.6) is 0 Å². The SMILES string of the molecule is CCCCCCCCCCCC1C(=O)N(c2ccccc2)C(=O)C1(CCC(=O)OC)Sc1ccccn1. The number of hydrogen-bond donors (Lipinski definition) is 0. The number of unbranched alkanes of at least 4 members (excludes halogenated alkanes) is 8. The van der Waals surface area contributed by atoms with Crippen LogP contribution in [0.4, 0.5) is 5.69 Å². The second kappa shape index (κ2) is 14.9. The molecule has 1 aromatic heterocycles. The van der Waals surface area contributed by atoms with Gasteiger partial charge >= 0.3 is 5.97 Å². The van der Waals surface area contributed by atoms with Gasteiger partial charge in [-0.15, -0.1) is 0 Å². The van der Waals surface area contributed by atoms with Crippen LogP contribution in [-0.2, 0) is 19.1 Å². The molecule has 2 amide bonds. The van der Waals surface area contributed by atoms with Crippen molar-refractivity contribution in [1.29, 1.82) is 0 Å². The van der Waals surface area contributed by atoms with Crippen LogP contribution in [0, 0.1) is 5.92 Å². The minimum absolute atomic E-state index is 0.0617. The molecule has 200 valence electrons. The van der Waals surface area contributed by atoms with Crippen molar-refractivity contribution in [2.24, 2.45) is 5.92 Å². The van der Waals surface area contributed by atoms with Gasteiger partial charge in [-0.05, 0) is 37.1 Å². The number of rotatable bonds is 16. The maximum atomic E-state index is 14.1. The second-order valence-electron chi connectivity index (χ2n) is 9.72. The standard InChI is InChI=1S/C30H40N2O4S/c1-3-4-5-6-7-8-9-10-14-19-25-28(34)32(24-17-12-11-13-18-24)29(35)30(25,22-21-27(33)36-2)37-26-20-15-16-23-31-26/h11-13,15-18,20,23,25H,3-10,14,19,21-22H2,1-2H3. The van der Waals surface area contributed by atoms with E-state index < -0.39 is 10.7 Å². The first-order valence-electron chi connectivity index (χ1n) is 13.6. The number of esters is 1. The molecule has 0 aliphatic carbocycles. The lowest BCUT2D eigenvalue weighted by molar-refractivity contribution is -0.141. The number of anilines is 1. The summed E-state index contributed by atoms with van der Waals surface area (Å²) in [4.78, 5) is 45.9. The van der Waals surface area contributed by atoms with Crippen LogP contribution >= 0.6 is 11.8 Å². The van der Waals surface area contributed by atoms with Crippen molar-refractivity contribution in [1.82, 2.24) is 4.98 Å². The maximum absolute atomic E-state index is 14.1. The number of ether oxygens (including phenoxy) is 1. The zero-order valence-corrected chi connectivity index (χ0v) is 23.0. The van der Waals surface area contributed by atoms with E-state index in [1.807, 2.05) is 36.4 Å². The second-order valence-corrected chi connectivity index (χ2v) is 11.1. The van der Waals surface area contributed by atoms with Crippen LogP contribution in [0.25, 0.3) is 0 Å². The summed E-state index contributed by atoms with van der Waals surface area (Å²) in [7, 11) is 1.35. The van der Waals surface area contributed by atoms with Gasteiger partial charge in [0.2, 0.25) is 5.91 Å². The predicted molar refractivity (Wildman–Crippen MR) is 148 cm³/mol. The number of carbonyl (C=O) groups excluding carboxylic acids is 3. The number of amides is 2. The molecule has 0 spiro atoms. The predicted octanol–water partition coefficient (Wildman–Crippen LogP) is 6.98. The average molecular weight is 525 g/mol. The number of nitrogens with zero attached hydrogens (tertiary/aromatic N) is 2. The lowest BCUT2D eigenvalue weighted by Gasteiger charge is -2.30. The summed E-state index contributed by atoms with van der Waals surface area (Å²) in [6.07, 6.45) is 13.2. The minimum atomic E-state index is -1.12. The molecule has 7 heteroatoms. The van der Waals surface area contributed by atoms with E-state index in [0.29, 0.717) is 17.1 Å². The summed E-state index contributed by atoms with van der Waals surface area (Å²) < 4.78 is 3.79. The highest BCUT2D eigenvalue weighted by atomic mass is 32.2. The normalized spacial score (nSPS) is 19.4. The Balaban J connectivity index is 1.81. The molecule has 2 atom stereocenters. The van der Waals surface area contributed by atoms with Crippen molar-refractivity contribution in [3.8, 4) is 0 Å². The van der Waals surface area contributed by atoms with Crippen molar-refractivity contribution in [2.75, 3.05) is 12.0 Å². The van der Waals surface area contributed by atoms with Crippen LogP contribution < -0.4 is 4.90 Å². The minimum Gasteiger partial charge on any atom is -0.469 e. The molecule has 1 saturated heterocycles. The summed E-state index contributed by atoms with van der Waals surface area (Å²) in [6, 6.07) is 14.6. The van der Waals surface area contributed by atoms with Crippen LogP contribution in [0.2, 0.25) is 0 Å². The average Bonchev–Trinajstić information content (AvgIpc) is 3.12.